The lowest BCUT2D eigenvalue weighted by Crippen LogP contribution is -2.02. The van der Waals surface area contributed by atoms with Gasteiger partial charge in [-0.15, -0.1) is 5.10 Å². The Morgan fingerprint density at radius 1 is 1.27 bits per heavy atom. The number of aliphatic hydroxyl groups excluding tert-OH is 2. The highest BCUT2D eigenvalue weighted by Gasteiger charge is 2.10. The molecule has 5 heteroatoms. The summed E-state index contributed by atoms with van der Waals surface area (Å²) in [6.45, 7) is -0.354. The number of rotatable bonds is 3. The summed E-state index contributed by atoms with van der Waals surface area (Å²) < 4.78 is 1.55. The molecule has 0 radical (unpaired) electrons. The van der Waals surface area contributed by atoms with Crippen LogP contribution in [-0.2, 0) is 0 Å². The minimum absolute atomic E-state index is 0.354. The van der Waals surface area contributed by atoms with Crippen LogP contribution >= 0.6 is 0 Å². The summed E-state index contributed by atoms with van der Waals surface area (Å²) in [7, 11) is 0. The standard InChI is InChI=1S/C10H11N3O2/c14-7-10(15)9-6-13(12-11-9)8-4-2-1-3-5-8/h1-6,10,14-15H,7H2. The van der Waals surface area contributed by atoms with Crippen LogP contribution in [-0.4, -0.2) is 31.8 Å². The molecule has 0 saturated heterocycles. The van der Waals surface area contributed by atoms with Crippen molar-refractivity contribution in [2.24, 2.45) is 0 Å². The smallest absolute Gasteiger partial charge is 0.122 e. The van der Waals surface area contributed by atoms with Crippen molar-refractivity contribution in [3.05, 3.63) is 42.2 Å². The highest BCUT2D eigenvalue weighted by molar-refractivity contribution is 5.30. The average molecular weight is 205 g/mol. The predicted octanol–water partition coefficient (Wildman–Crippen LogP) is 0.293. The van der Waals surface area contributed by atoms with Crippen LogP contribution in [0.1, 0.15) is 11.8 Å². The topological polar surface area (TPSA) is 71.2 Å². The van der Waals surface area contributed by atoms with Gasteiger partial charge in [0.1, 0.15) is 11.8 Å². The van der Waals surface area contributed by atoms with E-state index in [-0.39, 0.29) is 6.61 Å². The van der Waals surface area contributed by atoms with E-state index >= 15 is 0 Å². The molecule has 1 aromatic heterocycles. The lowest BCUT2D eigenvalue weighted by molar-refractivity contribution is 0.0922. The fourth-order valence-electron chi connectivity index (χ4n) is 1.23. The molecule has 15 heavy (non-hydrogen) atoms. The normalized spacial score (nSPS) is 12.7. The second kappa shape index (κ2) is 4.20. The number of aliphatic hydroxyl groups is 2. The van der Waals surface area contributed by atoms with Crippen LogP contribution in [0.2, 0.25) is 0 Å². The number of hydrogen-bond acceptors (Lipinski definition) is 4. The zero-order chi connectivity index (χ0) is 10.7. The van der Waals surface area contributed by atoms with Crippen LogP contribution in [0.4, 0.5) is 0 Å². The Bertz CT molecular complexity index is 427. The maximum atomic E-state index is 9.32. The van der Waals surface area contributed by atoms with E-state index in [0.717, 1.165) is 5.69 Å². The van der Waals surface area contributed by atoms with Crippen LogP contribution in [0, 0.1) is 0 Å². The van der Waals surface area contributed by atoms with Crippen molar-refractivity contribution in [2.45, 2.75) is 6.10 Å². The van der Waals surface area contributed by atoms with Crippen molar-refractivity contribution in [1.82, 2.24) is 15.0 Å². The third-order valence-electron chi connectivity index (χ3n) is 2.05. The Hall–Kier alpha value is -1.72. The van der Waals surface area contributed by atoms with Crippen molar-refractivity contribution in [3.8, 4) is 5.69 Å². The molecule has 1 unspecified atom stereocenters. The monoisotopic (exact) mass is 205 g/mol. The largest absolute Gasteiger partial charge is 0.393 e. The van der Waals surface area contributed by atoms with E-state index < -0.39 is 6.10 Å². The van der Waals surface area contributed by atoms with Gasteiger partial charge in [0.15, 0.2) is 0 Å². The van der Waals surface area contributed by atoms with Gasteiger partial charge in [0.05, 0.1) is 18.5 Å². The number of benzene rings is 1. The minimum Gasteiger partial charge on any atom is -0.393 e. The Morgan fingerprint density at radius 2 is 2.00 bits per heavy atom. The molecule has 0 aliphatic heterocycles. The quantitative estimate of drug-likeness (QED) is 0.755. The second-order valence-electron chi connectivity index (χ2n) is 3.12. The lowest BCUT2D eigenvalue weighted by atomic mass is 10.3. The Labute approximate surface area is 86.6 Å². The minimum atomic E-state index is -0.970. The SMILES string of the molecule is OCC(O)c1cn(-c2ccccc2)nn1. The van der Waals surface area contributed by atoms with Crippen LogP contribution in [0.25, 0.3) is 5.69 Å². The first-order valence-electron chi connectivity index (χ1n) is 4.58. The van der Waals surface area contributed by atoms with Crippen molar-refractivity contribution < 1.29 is 10.2 Å². The average Bonchev–Trinajstić information content (AvgIpc) is 2.78. The molecule has 2 rings (SSSR count). The van der Waals surface area contributed by atoms with Gasteiger partial charge in [0, 0.05) is 0 Å². The molecule has 0 fully saturated rings. The molecule has 0 spiro atoms. The summed E-state index contributed by atoms with van der Waals surface area (Å²) in [5.41, 5.74) is 1.22. The molecule has 2 aromatic rings. The zero-order valence-corrected chi connectivity index (χ0v) is 7.98. The molecule has 1 heterocycles. The molecule has 2 N–H and O–H groups in total. The molecule has 1 atom stereocenters. The first-order chi connectivity index (χ1) is 7.31. The lowest BCUT2D eigenvalue weighted by Gasteiger charge is -2.00. The van der Waals surface area contributed by atoms with Gasteiger partial charge < -0.3 is 10.2 Å². The fourth-order valence-corrected chi connectivity index (χ4v) is 1.23. The van der Waals surface area contributed by atoms with Crippen molar-refractivity contribution in [2.75, 3.05) is 6.61 Å². The third kappa shape index (κ3) is 2.03. The summed E-state index contributed by atoms with van der Waals surface area (Å²) in [6, 6.07) is 9.44. The fraction of sp³-hybridized carbons (Fsp3) is 0.200. The molecule has 78 valence electrons. The van der Waals surface area contributed by atoms with Crippen molar-refractivity contribution in [3.63, 3.8) is 0 Å². The first kappa shape index (κ1) is 9.82. The summed E-state index contributed by atoms with van der Waals surface area (Å²) in [6.07, 6.45) is 0.624. The highest BCUT2D eigenvalue weighted by atomic mass is 16.3. The van der Waals surface area contributed by atoms with Crippen LogP contribution in [0.3, 0.4) is 0 Å². The van der Waals surface area contributed by atoms with Gasteiger partial charge in [0.2, 0.25) is 0 Å². The molecule has 0 aliphatic carbocycles. The molecule has 1 aromatic carbocycles. The van der Waals surface area contributed by atoms with E-state index in [1.807, 2.05) is 30.3 Å². The summed E-state index contributed by atoms with van der Waals surface area (Å²) in [5, 5.41) is 25.7. The molecule has 0 amide bonds. The Kier molecular flexibility index (Phi) is 2.75. The third-order valence-corrected chi connectivity index (χ3v) is 2.05. The Morgan fingerprint density at radius 3 is 2.67 bits per heavy atom. The van der Waals surface area contributed by atoms with Crippen LogP contribution in [0.15, 0.2) is 36.5 Å². The van der Waals surface area contributed by atoms with Crippen LogP contribution in [0.5, 0.6) is 0 Å². The number of nitrogens with zero attached hydrogens (tertiary/aromatic N) is 3. The first-order valence-corrected chi connectivity index (χ1v) is 4.58. The summed E-state index contributed by atoms with van der Waals surface area (Å²) in [5.74, 6) is 0. The zero-order valence-electron chi connectivity index (χ0n) is 7.98. The van der Waals surface area contributed by atoms with E-state index in [9.17, 15) is 5.11 Å². The molecule has 0 bridgehead atoms. The number of aromatic nitrogens is 3. The maximum Gasteiger partial charge on any atom is 0.122 e. The van der Waals surface area contributed by atoms with E-state index in [4.69, 9.17) is 5.11 Å². The molecular weight excluding hydrogens is 194 g/mol. The van der Waals surface area contributed by atoms with Gasteiger partial charge in [-0.2, -0.15) is 0 Å². The van der Waals surface area contributed by atoms with Crippen molar-refractivity contribution in [1.29, 1.82) is 0 Å². The summed E-state index contributed by atoms with van der Waals surface area (Å²) >= 11 is 0. The van der Waals surface area contributed by atoms with E-state index in [0.29, 0.717) is 5.69 Å². The van der Waals surface area contributed by atoms with E-state index in [1.165, 1.54) is 0 Å². The van der Waals surface area contributed by atoms with Gasteiger partial charge in [-0.3, -0.25) is 0 Å². The molecule has 0 aliphatic rings. The van der Waals surface area contributed by atoms with Gasteiger partial charge in [-0.25, -0.2) is 4.68 Å². The number of hydrogen-bond donors (Lipinski definition) is 2. The maximum absolute atomic E-state index is 9.32. The van der Waals surface area contributed by atoms with E-state index in [2.05, 4.69) is 10.3 Å². The molecule has 0 saturated carbocycles. The molecular formula is C10H11N3O2. The van der Waals surface area contributed by atoms with Gasteiger partial charge in [0.25, 0.3) is 0 Å². The summed E-state index contributed by atoms with van der Waals surface area (Å²) in [4.78, 5) is 0. The highest BCUT2D eigenvalue weighted by Crippen LogP contribution is 2.10. The Balaban J connectivity index is 2.28. The predicted molar refractivity (Wildman–Crippen MR) is 53.4 cm³/mol. The van der Waals surface area contributed by atoms with Crippen LogP contribution < -0.4 is 0 Å². The number of para-hydroxylation sites is 1. The van der Waals surface area contributed by atoms with Gasteiger partial charge in [-0.1, -0.05) is 23.4 Å². The van der Waals surface area contributed by atoms with Gasteiger partial charge >= 0.3 is 0 Å². The molecule has 5 nitrogen and oxygen atoms in total. The van der Waals surface area contributed by atoms with Crippen molar-refractivity contribution >= 4 is 0 Å². The van der Waals surface area contributed by atoms with Gasteiger partial charge in [-0.05, 0) is 12.1 Å². The second-order valence-corrected chi connectivity index (χ2v) is 3.12. The van der Waals surface area contributed by atoms with E-state index in [1.54, 1.807) is 10.9 Å².